The van der Waals surface area contributed by atoms with E-state index in [0.29, 0.717) is 31.0 Å². The number of nitrogens with one attached hydrogen (secondary N) is 2. The molecule has 0 aromatic heterocycles. The number of anilines is 2. The van der Waals surface area contributed by atoms with Crippen LogP contribution in [0.25, 0.3) is 0 Å². The predicted molar refractivity (Wildman–Crippen MR) is 149 cm³/mol. The average Bonchev–Trinajstić information content (AvgIpc) is 2.86. The van der Waals surface area contributed by atoms with E-state index in [9.17, 15) is 29.8 Å². The van der Waals surface area contributed by atoms with Crippen molar-refractivity contribution in [1.29, 1.82) is 0 Å². The molecule has 0 atom stereocenters. The highest BCUT2D eigenvalue weighted by molar-refractivity contribution is 9.10. The number of allylic oxidation sites excluding steroid dienone is 1. The van der Waals surface area contributed by atoms with Gasteiger partial charge in [-0.2, -0.15) is 0 Å². The van der Waals surface area contributed by atoms with E-state index < -0.39 is 27.1 Å². The lowest BCUT2D eigenvalue weighted by Crippen LogP contribution is -2.10. The number of nitro benzene ring substituents is 2. The van der Waals surface area contributed by atoms with Crippen LogP contribution in [0.2, 0.25) is 0 Å². The number of nitrogens with zero attached hydrogens (tertiary/aromatic N) is 4. The molecule has 14 nitrogen and oxygen atoms in total. The van der Waals surface area contributed by atoms with E-state index in [1.807, 2.05) is 6.92 Å². The zero-order chi connectivity index (χ0) is 29.5. The minimum Gasteiger partial charge on any atom is -0.495 e. The van der Waals surface area contributed by atoms with Gasteiger partial charge >= 0.3 is 11.7 Å². The lowest BCUT2D eigenvalue weighted by Gasteiger charge is -2.15. The fraction of sp³-hybridized carbons (Fsp3) is 0.333. The van der Waals surface area contributed by atoms with E-state index in [1.54, 1.807) is 13.0 Å². The Labute approximate surface area is 232 Å². The van der Waals surface area contributed by atoms with Crippen LogP contribution in [0.1, 0.15) is 33.6 Å². The van der Waals surface area contributed by atoms with Crippen LogP contribution in [-0.4, -0.2) is 42.0 Å². The summed E-state index contributed by atoms with van der Waals surface area (Å²) in [4.78, 5) is 44.2. The molecule has 2 N–H and O–H groups in total. The van der Waals surface area contributed by atoms with Crippen molar-refractivity contribution in [3.8, 4) is 5.75 Å². The van der Waals surface area contributed by atoms with Crippen molar-refractivity contribution in [2.24, 2.45) is 10.2 Å². The third kappa shape index (κ3) is 10.5. The number of amides is 1. The zero-order valence-electron chi connectivity index (χ0n) is 21.9. The smallest absolute Gasteiger partial charge is 0.305 e. The Kier molecular flexibility index (Phi) is 13.8. The maximum absolute atomic E-state index is 11.8. The maximum Gasteiger partial charge on any atom is 0.305 e. The lowest BCUT2D eigenvalue weighted by atomic mass is 10.2. The highest BCUT2D eigenvalue weighted by Gasteiger charge is 2.24. The van der Waals surface area contributed by atoms with Gasteiger partial charge in [-0.05, 0) is 42.3 Å². The number of benzene rings is 2. The second-order valence-electron chi connectivity index (χ2n) is 7.50. The molecule has 210 valence electrons. The molecule has 2 aromatic rings. The van der Waals surface area contributed by atoms with Crippen LogP contribution < -0.4 is 15.4 Å². The summed E-state index contributed by atoms with van der Waals surface area (Å²) in [6.07, 6.45) is 2.45. The quantitative estimate of drug-likeness (QED) is 0.0667. The molecule has 0 bridgehead atoms. The molecule has 0 heterocycles. The molecule has 0 aliphatic rings. The van der Waals surface area contributed by atoms with Crippen LogP contribution in [0.4, 0.5) is 34.1 Å². The van der Waals surface area contributed by atoms with Crippen LogP contribution in [-0.2, 0) is 14.3 Å². The van der Waals surface area contributed by atoms with E-state index >= 15 is 0 Å². The molecule has 0 saturated carbocycles. The van der Waals surface area contributed by atoms with Crippen molar-refractivity contribution in [2.45, 2.75) is 33.6 Å². The summed E-state index contributed by atoms with van der Waals surface area (Å²) in [5.41, 5.74) is -0.551. The van der Waals surface area contributed by atoms with Gasteiger partial charge in [0.1, 0.15) is 11.4 Å². The largest absolute Gasteiger partial charge is 0.495 e. The van der Waals surface area contributed by atoms with Crippen molar-refractivity contribution in [3.63, 3.8) is 0 Å². The minimum atomic E-state index is -0.815. The van der Waals surface area contributed by atoms with E-state index in [1.165, 1.54) is 26.2 Å². The number of ether oxygens (including phenoxy) is 2. The number of hydrogen-bond acceptors (Lipinski definition) is 11. The number of carbonyl (C=O) groups is 2. The highest BCUT2D eigenvalue weighted by atomic mass is 79.9. The third-order valence-electron chi connectivity index (χ3n) is 4.50. The van der Waals surface area contributed by atoms with Crippen LogP contribution in [0.3, 0.4) is 0 Å². The van der Waals surface area contributed by atoms with Gasteiger partial charge < -0.3 is 20.1 Å². The maximum atomic E-state index is 11.8. The molecule has 0 spiro atoms. The van der Waals surface area contributed by atoms with E-state index in [2.05, 4.69) is 43.4 Å². The predicted octanol–water partition coefficient (Wildman–Crippen LogP) is 6.60. The summed E-state index contributed by atoms with van der Waals surface area (Å²) in [6.45, 7) is 8.96. The Bertz CT molecular complexity index is 1250. The molecular weight excluding hydrogens is 580 g/mol. The van der Waals surface area contributed by atoms with Crippen LogP contribution in [0.15, 0.2) is 51.6 Å². The number of rotatable bonds is 12. The number of nitro groups is 2. The number of esters is 1. The molecule has 1 amide bonds. The molecule has 0 fully saturated rings. The SMILES string of the molecule is C=CC.CCOC(=O)CCCNc1cc(NC(C)=O)c(N=Nc2c(Br)cc([N+](=O)[O-])cc2[N+](=O)[O-])cc1OC. The number of halogens is 1. The first-order valence-corrected chi connectivity index (χ1v) is 12.3. The van der Waals surface area contributed by atoms with Gasteiger partial charge in [0.2, 0.25) is 5.91 Å². The van der Waals surface area contributed by atoms with Gasteiger partial charge in [0.15, 0.2) is 5.69 Å². The van der Waals surface area contributed by atoms with Gasteiger partial charge in [-0.25, -0.2) is 0 Å². The normalized spacial score (nSPS) is 10.2. The first-order valence-electron chi connectivity index (χ1n) is 11.5. The molecular formula is C24H29BrN6O8. The average molecular weight is 609 g/mol. The minimum absolute atomic E-state index is 0.0138. The van der Waals surface area contributed by atoms with Gasteiger partial charge in [0.25, 0.3) is 5.69 Å². The van der Waals surface area contributed by atoms with Crippen molar-refractivity contribution in [3.05, 3.63) is 61.6 Å². The molecule has 0 aliphatic heterocycles. The Morgan fingerprint density at radius 3 is 2.33 bits per heavy atom. The van der Waals surface area contributed by atoms with E-state index in [-0.39, 0.29) is 33.9 Å². The van der Waals surface area contributed by atoms with Crippen molar-refractivity contribution in [2.75, 3.05) is 30.9 Å². The summed E-state index contributed by atoms with van der Waals surface area (Å²) >= 11 is 3.06. The number of methoxy groups -OCH3 is 1. The van der Waals surface area contributed by atoms with Crippen molar-refractivity contribution >= 4 is 61.9 Å². The first-order chi connectivity index (χ1) is 18.5. The number of carbonyl (C=O) groups excluding carboxylic acids is 2. The van der Waals surface area contributed by atoms with E-state index in [4.69, 9.17) is 9.47 Å². The Hall–Kier alpha value is -4.40. The molecule has 2 aromatic carbocycles. The highest BCUT2D eigenvalue weighted by Crippen LogP contribution is 2.42. The van der Waals surface area contributed by atoms with Gasteiger partial charge in [-0.3, -0.25) is 29.8 Å². The molecule has 0 radical (unpaired) electrons. The first kappa shape index (κ1) is 32.6. The van der Waals surface area contributed by atoms with Crippen LogP contribution in [0.5, 0.6) is 5.75 Å². The topological polar surface area (TPSA) is 188 Å². The molecule has 0 saturated heterocycles. The number of non-ortho nitro benzene ring substituents is 1. The van der Waals surface area contributed by atoms with E-state index in [0.717, 1.165) is 12.1 Å². The second kappa shape index (κ2) is 16.4. The Morgan fingerprint density at radius 2 is 1.79 bits per heavy atom. The number of hydrogen-bond donors (Lipinski definition) is 2. The van der Waals surface area contributed by atoms with Gasteiger partial charge in [0, 0.05) is 32.0 Å². The third-order valence-corrected chi connectivity index (χ3v) is 5.10. The molecule has 0 unspecified atom stereocenters. The van der Waals surface area contributed by atoms with Gasteiger partial charge in [-0.15, -0.1) is 16.8 Å². The summed E-state index contributed by atoms with van der Waals surface area (Å²) in [7, 11) is 1.41. The summed E-state index contributed by atoms with van der Waals surface area (Å²) in [6, 6.07) is 4.84. The lowest BCUT2D eigenvalue weighted by molar-refractivity contribution is -0.393. The summed E-state index contributed by atoms with van der Waals surface area (Å²) in [5.74, 6) is -0.397. The summed E-state index contributed by atoms with van der Waals surface area (Å²) in [5, 5.41) is 36.2. The monoisotopic (exact) mass is 608 g/mol. The van der Waals surface area contributed by atoms with Gasteiger partial charge in [0.05, 0.1) is 45.5 Å². The molecule has 2 rings (SSSR count). The Balaban J connectivity index is 0.00000242. The number of azo groups is 1. The molecule has 0 aliphatic carbocycles. The fourth-order valence-electron chi connectivity index (χ4n) is 2.96. The Morgan fingerprint density at radius 1 is 1.13 bits per heavy atom. The second-order valence-corrected chi connectivity index (χ2v) is 8.36. The zero-order valence-corrected chi connectivity index (χ0v) is 23.4. The standard InChI is InChI=1S/C21H23BrN6O8.C3H6/c1-4-36-20(30)6-5-7-23-17-10-15(24-12(2)29)16(11-19(17)35-3)25-26-21-14(22)8-13(27(31)32)9-18(21)28(33)34;1-3-2/h8-11,23H,4-7H2,1-3H3,(H,24,29);3H,1H2,2H3. The van der Waals surface area contributed by atoms with Gasteiger partial charge in [-0.1, -0.05) is 6.08 Å². The summed E-state index contributed by atoms with van der Waals surface area (Å²) < 4.78 is 10.3. The fourth-order valence-corrected chi connectivity index (χ4v) is 3.47. The molecule has 39 heavy (non-hydrogen) atoms. The molecule has 15 heteroatoms. The van der Waals surface area contributed by atoms with Crippen LogP contribution in [0, 0.1) is 20.2 Å². The van der Waals surface area contributed by atoms with Crippen molar-refractivity contribution < 1.29 is 28.9 Å². The van der Waals surface area contributed by atoms with Crippen LogP contribution >= 0.6 is 15.9 Å². The van der Waals surface area contributed by atoms with Crippen molar-refractivity contribution in [1.82, 2.24) is 0 Å².